The van der Waals surface area contributed by atoms with Gasteiger partial charge in [-0.05, 0) is 0 Å². The zero-order chi connectivity index (χ0) is 16.9. The molecule has 3 fully saturated rings. The van der Waals surface area contributed by atoms with Crippen LogP contribution in [0.15, 0.2) is 0 Å². The van der Waals surface area contributed by atoms with Gasteiger partial charge in [-0.3, -0.25) is 15.0 Å². The Balaban J connectivity index is 1.92. The van der Waals surface area contributed by atoms with Crippen molar-refractivity contribution in [2.45, 2.75) is 49.3 Å². The van der Waals surface area contributed by atoms with Crippen molar-refractivity contribution in [3.8, 4) is 0 Å². The quantitative estimate of drug-likeness (QED) is 0.396. The van der Waals surface area contributed by atoms with Crippen LogP contribution in [-0.4, -0.2) is 89.2 Å². The van der Waals surface area contributed by atoms with Crippen LogP contribution in [0.2, 0.25) is 0 Å². The van der Waals surface area contributed by atoms with E-state index < -0.39 is 61.2 Å². The minimum absolute atomic E-state index is 0.498. The van der Waals surface area contributed by atoms with E-state index in [9.17, 15) is 24.9 Å². The molecule has 0 bridgehead atoms. The fourth-order valence-corrected chi connectivity index (χ4v) is 3.25. The second kappa shape index (κ2) is 5.63. The molecule has 3 aliphatic heterocycles. The van der Waals surface area contributed by atoms with Crippen LogP contribution >= 0.6 is 0 Å². The summed E-state index contributed by atoms with van der Waals surface area (Å²) in [5.41, 5.74) is -2.00. The Bertz CT molecular complexity index is 511. The van der Waals surface area contributed by atoms with Gasteiger partial charge in [0.25, 0.3) is 0 Å². The minimum atomic E-state index is -2.15. The summed E-state index contributed by atoms with van der Waals surface area (Å²) in [6.45, 7) is 0. The lowest BCUT2D eigenvalue weighted by atomic mass is 10.1. The lowest BCUT2D eigenvalue weighted by Gasteiger charge is -2.42. The smallest absolute Gasteiger partial charge is 0.328 e. The predicted octanol–water partition coefficient (Wildman–Crippen LogP) is -2.96. The SMILES string of the molecule is COC(OC)[C@H]1O[C@@H]2[C@@H](O[C@]3(C(O)O)CC(=O)NC(=O)N23)[C@@H]1O. The molecule has 3 aliphatic rings. The first-order valence-corrected chi connectivity index (χ1v) is 6.92. The predicted molar refractivity (Wildman–Crippen MR) is 68.3 cm³/mol. The normalized spacial score (nSPS) is 39.9. The van der Waals surface area contributed by atoms with E-state index in [1.54, 1.807) is 0 Å². The molecule has 3 rings (SSSR count). The number of ether oxygens (including phenoxy) is 4. The Morgan fingerprint density at radius 3 is 2.57 bits per heavy atom. The average molecular weight is 334 g/mol. The maximum Gasteiger partial charge on any atom is 0.328 e. The topological polar surface area (TPSA) is 147 Å². The van der Waals surface area contributed by atoms with E-state index in [1.165, 1.54) is 14.2 Å². The lowest BCUT2D eigenvalue weighted by Crippen LogP contribution is -2.67. The molecule has 11 nitrogen and oxygen atoms in total. The molecule has 0 aromatic carbocycles. The van der Waals surface area contributed by atoms with Gasteiger partial charge in [0.1, 0.15) is 18.3 Å². The van der Waals surface area contributed by atoms with Gasteiger partial charge < -0.3 is 34.3 Å². The van der Waals surface area contributed by atoms with Gasteiger partial charge in [0, 0.05) is 14.2 Å². The zero-order valence-electron chi connectivity index (χ0n) is 12.4. The highest BCUT2D eigenvalue weighted by atomic mass is 16.7. The molecular weight excluding hydrogens is 316 g/mol. The van der Waals surface area contributed by atoms with Gasteiger partial charge >= 0.3 is 6.03 Å². The van der Waals surface area contributed by atoms with Gasteiger partial charge in [-0.1, -0.05) is 0 Å². The largest absolute Gasteiger partial charge is 0.387 e. The van der Waals surface area contributed by atoms with Crippen LogP contribution in [0.1, 0.15) is 6.42 Å². The second-order valence-electron chi connectivity index (χ2n) is 5.52. The molecule has 0 aromatic heterocycles. The number of amides is 3. The number of carbonyl (C=O) groups is 2. The van der Waals surface area contributed by atoms with Crippen LogP contribution in [-0.2, 0) is 23.7 Å². The molecule has 11 heteroatoms. The fraction of sp³-hybridized carbons (Fsp3) is 0.833. The Morgan fingerprint density at radius 2 is 2.00 bits per heavy atom. The summed E-state index contributed by atoms with van der Waals surface area (Å²) < 4.78 is 21.2. The summed E-state index contributed by atoms with van der Waals surface area (Å²) in [6, 6.07) is -0.902. The van der Waals surface area contributed by atoms with Gasteiger partial charge in [-0.15, -0.1) is 0 Å². The van der Waals surface area contributed by atoms with Gasteiger partial charge in [0.05, 0.1) is 6.42 Å². The monoisotopic (exact) mass is 334 g/mol. The molecule has 0 radical (unpaired) electrons. The fourth-order valence-electron chi connectivity index (χ4n) is 3.25. The molecule has 3 saturated heterocycles. The number of methoxy groups -OCH3 is 2. The highest BCUT2D eigenvalue weighted by Gasteiger charge is 2.68. The number of hydrogen-bond donors (Lipinski definition) is 4. The molecule has 0 unspecified atom stereocenters. The number of fused-ring (bicyclic) bond motifs is 3. The summed E-state index contributed by atoms with van der Waals surface area (Å²) in [7, 11) is 2.71. The Kier molecular flexibility index (Phi) is 4.04. The Hall–Kier alpha value is -1.34. The standard InChI is InChI=1S/C12H18N2O9/c1-20-9(21-2)7-5(16)6-8(22-7)14-11(19)13-4(15)3-12(14,23-6)10(17)18/h5-10,16-18H,3H2,1-2H3,(H,13,15,19)/t5-,6-,7-,8+,12-/m0/s1. The molecule has 0 spiro atoms. The molecule has 0 aliphatic carbocycles. The average Bonchev–Trinajstić information content (AvgIpc) is 2.96. The first kappa shape index (κ1) is 16.5. The van der Waals surface area contributed by atoms with E-state index in [0.29, 0.717) is 0 Å². The van der Waals surface area contributed by atoms with Gasteiger partial charge in [0.15, 0.2) is 12.5 Å². The highest BCUT2D eigenvalue weighted by Crippen LogP contribution is 2.45. The molecule has 0 aromatic rings. The second-order valence-corrected chi connectivity index (χ2v) is 5.52. The van der Waals surface area contributed by atoms with Crippen molar-refractivity contribution in [2.75, 3.05) is 14.2 Å². The van der Waals surface area contributed by atoms with Gasteiger partial charge in [-0.2, -0.15) is 0 Å². The van der Waals surface area contributed by atoms with Crippen LogP contribution in [0.25, 0.3) is 0 Å². The number of nitrogens with one attached hydrogen (secondary N) is 1. The van der Waals surface area contributed by atoms with E-state index in [4.69, 9.17) is 18.9 Å². The third kappa shape index (κ3) is 2.24. The molecule has 5 atom stereocenters. The Morgan fingerprint density at radius 1 is 1.35 bits per heavy atom. The van der Waals surface area contributed by atoms with Crippen molar-refractivity contribution in [1.82, 2.24) is 10.2 Å². The van der Waals surface area contributed by atoms with Crippen LogP contribution in [0.5, 0.6) is 0 Å². The summed E-state index contributed by atoms with van der Waals surface area (Å²) >= 11 is 0. The van der Waals surface area contributed by atoms with Crippen LogP contribution in [0.4, 0.5) is 4.79 Å². The summed E-state index contributed by atoms with van der Waals surface area (Å²) in [4.78, 5) is 24.6. The van der Waals surface area contributed by atoms with Crippen molar-refractivity contribution >= 4 is 11.9 Å². The van der Waals surface area contributed by atoms with Crippen molar-refractivity contribution in [3.63, 3.8) is 0 Å². The summed E-state index contributed by atoms with van der Waals surface area (Å²) in [6.07, 6.45) is -8.01. The van der Waals surface area contributed by atoms with E-state index in [0.717, 1.165) is 4.90 Å². The first-order chi connectivity index (χ1) is 10.9. The van der Waals surface area contributed by atoms with Crippen LogP contribution in [0, 0.1) is 0 Å². The van der Waals surface area contributed by atoms with E-state index in [2.05, 4.69) is 5.32 Å². The van der Waals surface area contributed by atoms with Crippen molar-refractivity contribution in [2.24, 2.45) is 0 Å². The van der Waals surface area contributed by atoms with Crippen molar-refractivity contribution < 1.29 is 43.9 Å². The van der Waals surface area contributed by atoms with Gasteiger partial charge in [-0.25, -0.2) is 4.79 Å². The number of rotatable bonds is 4. The molecule has 23 heavy (non-hydrogen) atoms. The van der Waals surface area contributed by atoms with Crippen LogP contribution in [0.3, 0.4) is 0 Å². The van der Waals surface area contributed by atoms with Gasteiger partial charge in [0.2, 0.25) is 17.9 Å². The summed E-state index contributed by atoms with van der Waals surface area (Å²) in [5.74, 6) is -0.725. The summed E-state index contributed by atoms with van der Waals surface area (Å²) in [5, 5.41) is 31.7. The molecular formula is C12H18N2O9. The first-order valence-electron chi connectivity index (χ1n) is 6.92. The van der Waals surface area contributed by atoms with Crippen molar-refractivity contribution in [1.29, 1.82) is 0 Å². The third-order valence-corrected chi connectivity index (χ3v) is 4.27. The number of hydrogen-bond acceptors (Lipinski definition) is 9. The number of carbonyl (C=O) groups excluding carboxylic acids is 2. The third-order valence-electron chi connectivity index (χ3n) is 4.27. The zero-order valence-corrected chi connectivity index (χ0v) is 12.4. The lowest BCUT2D eigenvalue weighted by molar-refractivity contribution is -0.268. The highest BCUT2D eigenvalue weighted by molar-refractivity contribution is 5.98. The number of aliphatic hydroxyl groups is 3. The van der Waals surface area contributed by atoms with E-state index in [-0.39, 0.29) is 0 Å². The van der Waals surface area contributed by atoms with E-state index >= 15 is 0 Å². The minimum Gasteiger partial charge on any atom is -0.387 e. The maximum atomic E-state index is 12.1. The molecule has 3 heterocycles. The molecule has 3 amide bonds. The molecule has 4 N–H and O–H groups in total. The number of nitrogens with zero attached hydrogens (tertiary/aromatic N) is 1. The molecule has 0 saturated carbocycles. The Labute approximate surface area is 130 Å². The van der Waals surface area contributed by atoms with Crippen molar-refractivity contribution in [3.05, 3.63) is 0 Å². The van der Waals surface area contributed by atoms with E-state index in [1.807, 2.05) is 0 Å². The number of aliphatic hydroxyl groups excluding tert-OH is 2. The van der Waals surface area contributed by atoms with Crippen LogP contribution < -0.4 is 5.32 Å². The maximum absolute atomic E-state index is 12.1. The molecule has 130 valence electrons. The number of imide groups is 1. The number of urea groups is 1.